The lowest BCUT2D eigenvalue weighted by Gasteiger charge is -2.20. The molecule has 0 aromatic heterocycles. The van der Waals surface area contributed by atoms with Crippen molar-refractivity contribution in [3.8, 4) is 0 Å². The fourth-order valence-electron chi connectivity index (χ4n) is 2.31. The number of anilines is 1. The lowest BCUT2D eigenvalue weighted by Crippen LogP contribution is -2.40. The summed E-state index contributed by atoms with van der Waals surface area (Å²) < 4.78 is 0. The Balaban J connectivity index is 1.73. The van der Waals surface area contributed by atoms with Gasteiger partial charge in [-0.2, -0.15) is 0 Å². The molecule has 2 rings (SSSR count). The van der Waals surface area contributed by atoms with Crippen LogP contribution < -0.4 is 16.0 Å². The molecule has 0 saturated carbocycles. The topological polar surface area (TPSA) is 70.2 Å². The lowest BCUT2D eigenvalue weighted by atomic mass is 10.1. The Morgan fingerprint density at radius 1 is 1.00 bits per heavy atom. The van der Waals surface area contributed by atoms with Gasteiger partial charge in [-0.1, -0.05) is 24.3 Å². The minimum atomic E-state index is -0.310. The van der Waals surface area contributed by atoms with Crippen LogP contribution in [-0.4, -0.2) is 29.8 Å². The molecule has 2 aromatic carbocycles. The molecular formula is C21H27N3O2S. The largest absolute Gasteiger partial charge is 0.347 e. The maximum Gasteiger partial charge on any atom is 0.319 e. The molecular weight excluding hydrogens is 358 g/mol. The number of amides is 3. The molecule has 3 amide bonds. The Hall–Kier alpha value is -2.47. The van der Waals surface area contributed by atoms with E-state index in [0.29, 0.717) is 17.8 Å². The van der Waals surface area contributed by atoms with Crippen molar-refractivity contribution < 1.29 is 9.59 Å². The third-order valence-electron chi connectivity index (χ3n) is 3.49. The molecule has 2 aromatic rings. The summed E-state index contributed by atoms with van der Waals surface area (Å²) in [5.41, 5.74) is 0.796. The average molecular weight is 386 g/mol. The third kappa shape index (κ3) is 8.17. The van der Waals surface area contributed by atoms with Gasteiger partial charge in [0.25, 0.3) is 5.91 Å². The molecule has 6 heteroatoms. The highest BCUT2D eigenvalue weighted by Crippen LogP contribution is 2.17. The van der Waals surface area contributed by atoms with Crippen LogP contribution in [0.2, 0.25) is 0 Å². The molecule has 0 spiro atoms. The van der Waals surface area contributed by atoms with Crippen LogP contribution >= 0.6 is 11.8 Å². The van der Waals surface area contributed by atoms with Gasteiger partial charge in [-0.05, 0) is 63.3 Å². The molecule has 0 heterocycles. The van der Waals surface area contributed by atoms with E-state index >= 15 is 0 Å². The first-order chi connectivity index (χ1) is 12.8. The summed E-state index contributed by atoms with van der Waals surface area (Å²) in [6.45, 7) is 6.37. The predicted octanol–water partition coefficient (Wildman–Crippen LogP) is 4.52. The normalized spacial score (nSPS) is 10.9. The summed E-state index contributed by atoms with van der Waals surface area (Å²) >= 11 is 1.77. The maximum atomic E-state index is 12.2. The van der Waals surface area contributed by atoms with Crippen LogP contribution in [0.15, 0.2) is 59.5 Å². The zero-order valence-electron chi connectivity index (χ0n) is 16.0. The summed E-state index contributed by atoms with van der Waals surface area (Å²) in [5, 5.41) is 8.52. The highest BCUT2D eigenvalue weighted by molar-refractivity contribution is 7.99. The lowest BCUT2D eigenvalue weighted by molar-refractivity contribution is 0.0919. The fraction of sp³-hybridized carbons (Fsp3) is 0.333. The maximum absolute atomic E-state index is 12.2. The highest BCUT2D eigenvalue weighted by atomic mass is 32.2. The molecule has 0 atom stereocenters. The molecule has 0 bridgehead atoms. The SMILES string of the molecule is CC(C)(C)NC(=O)c1cccc(NC(=O)NCCCSc2ccccc2)c1. The second-order valence-electron chi connectivity index (χ2n) is 7.18. The first kappa shape index (κ1) is 20.8. The second kappa shape index (κ2) is 10.0. The number of urea groups is 1. The highest BCUT2D eigenvalue weighted by Gasteiger charge is 2.15. The molecule has 0 unspecified atom stereocenters. The van der Waals surface area contributed by atoms with Crippen molar-refractivity contribution in [1.82, 2.24) is 10.6 Å². The van der Waals surface area contributed by atoms with Crippen molar-refractivity contribution in [3.05, 3.63) is 60.2 Å². The number of thioether (sulfide) groups is 1. The first-order valence-corrected chi connectivity index (χ1v) is 9.97. The van der Waals surface area contributed by atoms with Gasteiger partial charge in [0.2, 0.25) is 0 Å². The molecule has 0 aliphatic rings. The summed E-state index contributed by atoms with van der Waals surface area (Å²) in [5.74, 6) is 0.775. The Morgan fingerprint density at radius 2 is 1.74 bits per heavy atom. The summed E-state index contributed by atoms with van der Waals surface area (Å²) in [6, 6.07) is 16.8. The van der Waals surface area contributed by atoms with Gasteiger partial charge < -0.3 is 16.0 Å². The van der Waals surface area contributed by atoms with Gasteiger partial charge in [0, 0.05) is 28.2 Å². The van der Waals surface area contributed by atoms with Crippen LogP contribution in [0.1, 0.15) is 37.6 Å². The zero-order chi connectivity index (χ0) is 19.7. The Kier molecular flexibility index (Phi) is 7.73. The number of nitrogens with one attached hydrogen (secondary N) is 3. The standard InChI is InChI=1S/C21H27N3O2S/c1-21(2,3)24-19(25)16-9-7-10-17(15-16)23-20(26)22-13-8-14-27-18-11-5-4-6-12-18/h4-7,9-12,15H,8,13-14H2,1-3H3,(H,24,25)(H2,22,23,26). The van der Waals surface area contributed by atoms with Crippen LogP contribution in [0.3, 0.4) is 0 Å². The van der Waals surface area contributed by atoms with E-state index in [0.717, 1.165) is 12.2 Å². The monoisotopic (exact) mass is 385 g/mol. The molecule has 0 aliphatic carbocycles. The zero-order valence-corrected chi connectivity index (χ0v) is 16.9. The third-order valence-corrected chi connectivity index (χ3v) is 4.59. The summed E-state index contributed by atoms with van der Waals surface area (Å²) in [7, 11) is 0. The summed E-state index contributed by atoms with van der Waals surface area (Å²) in [6.07, 6.45) is 0.876. The minimum Gasteiger partial charge on any atom is -0.347 e. The quantitative estimate of drug-likeness (QED) is 0.485. The molecule has 0 radical (unpaired) electrons. The van der Waals surface area contributed by atoms with Crippen LogP contribution in [0.25, 0.3) is 0 Å². The van der Waals surface area contributed by atoms with Crippen molar-refractivity contribution in [1.29, 1.82) is 0 Å². The Labute approximate surface area is 165 Å². The molecule has 27 heavy (non-hydrogen) atoms. The van der Waals surface area contributed by atoms with E-state index in [4.69, 9.17) is 0 Å². The summed E-state index contributed by atoms with van der Waals surface area (Å²) in [4.78, 5) is 25.5. The average Bonchev–Trinajstić information content (AvgIpc) is 2.61. The predicted molar refractivity (Wildman–Crippen MR) is 112 cm³/mol. The van der Waals surface area contributed by atoms with E-state index in [1.165, 1.54) is 4.90 Å². The van der Waals surface area contributed by atoms with Crippen molar-refractivity contribution in [3.63, 3.8) is 0 Å². The van der Waals surface area contributed by atoms with Gasteiger partial charge in [0.05, 0.1) is 0 Å². The van der Waals surface area contributed by atoms with Crippen LogP contribution in [0.4, 0.5) is 10.5 Å². The van der Waals surface area contributed by atoms with E-state index in [1.807, 2.05) is 39.0 Å². The van der Waals surface area contributed by atoms with Gasteiger partial charge in [-0.25, -0.2) is 4.79 Å². The Morgan fingerprint density at radius 3 is 2.44 bits per heavy atom. The molecule has 3 N–H and O–H groups in total. The number of carbonyl (C=O) groups is 2. The second-order valence-corrected chi connectivity index (χ2v) is 8.35. The minimum absolute atomic E-state index is 0.163. The van der Waals surface area contributed by atoms with Gasteiger partial charge in [0.15, 0.2) is 0 Å². The number of carbonyl (C=O) groups excluding carboxylic acids is 2. The molecule has 144 valence electrons. The number of benzene rings is 2. The van der Waals surface area contributed by atoms with Gasteiger partial charge >= 0.3 is 6.03 Å². The smallest absolute Gasteiger partial charge is 0.319 e. The number of hydrogen-bond acceptors (Lipinski definition) is 3. The van der Waals surface area contributed by atoms with Crippen molar-refractivity contribution in [2.45, 2.75) is 37.6 Å². The molecule has 0 aliphatic heterocycles. The van der Waals surface area contributed by atoms with Crippen LogP contribution in [0.5, 0.6) is 0 Å². The van der Waals surface area contributed by atoms with E-state index in [1.54, 1.807) is 36.0 Å². The molecule has 0 saturated heterocycles. The van der Waals surface area contributed by atoms with Gasteiger partial charge in [-0.3, -0.25) is 4.79 Å². The van der Waals surface area contributed by atoms with Crippen LogP contribution in [-0.2, 0) is 0 Å². The van der Waals surface area contributed by atoms with E-state index < -0.39 is 0 Å². The van der Waals surface area contributed by atoms with Gasteiger partial charge in [-0.15, -0.1) is 11.8 Å². The van der Waals surface area contributed by atoms with E-state index in [2.05, 4.69) is 28.1 Å². The van der Waals surface area contributed by atoms with Crippen molar-refractivity contribution in [2.24, 2.45) is 0 Å². The fourth-order valence-corrected chi connectivity index (χ4v) is 3.18. The van der Waals surface area contributed by atoms with Crippen molar-refractivity contribution in [2.75, 3.05) is 17.6 Å². The Bertz CT molecular complexity index is 758. The van der Waals surface area contributed by atoms with Crippen molar-refractivity contribution >= 4 is 29.4 Å². The number of hydrogen-bond donors (Lipinski definition) is 3. The van der Waals surface area contributed by atoms with E-state index in [-0.39, 0.29) is 17.5 Å². The van der Waals surface area contributed by atoms with Gasteiger partial charge in [0.1, 0.15) is 0 Å². The molecule has 0 fully saturated rings. The number of rotatable bonds is 7. The van der Waals surface area contributed by atoms with Crippen LogP contribution in [0, 0.1) is 0 Å². The first-order valence-electron chi connectivity index (χ1n) is 8.99. The van der Waals surface area contributed by atoms with E-state index in [9.17, 15) is 9.59 Å². The molecule has 5 nitrogen and oxygen atoms in total.